The summed E-state index contributed by atoms with van der Waals surface area (Å²) in [7, 11) is -0.448. The van der Waals surface area contributed by atoms with Gasteiger partial charge in [0.1, 0.15) is 5.75 Å². The summed E-state index contributed by atoms with van der Waals surface area (Å²) in [5.74, 6) is 1.21. The molecule has 0 amide bonds. The van der Waals surface area contributed by atoms with Crippen LogP contribution in [0.5, 0.6) is 5.75 Å². The van der Waals surface area contributed by atoms with Crippen LogP contribution in [0.25, 0.3) is 0 Å². The Labute approximate surface area is 120 Å². The molecule has 0 radical (unpaired) electrons. The minimum Gasteiger partial charge on any atom is -0.491 e. The summed E-state index contributed by atoms with van der Waals surface area (Å²) in [5, 5.41) is 0. The van der Waals surface area contributed by atoms with Crippen molar-refractivity contribution >= 4 is 15.7 Å². The topological polar surface area (TPSA) is 72.6 Å². The molecule has 0 saturated heterocycles. The second kappa shape index (κ2) is 6.01. The Kier molecular flexibility index (Phi) is 4.55. The van der Waals surface area contributed by atoms with Gasteiger partial charge in [0.15, 0.2) is 0 Å². The number of hydrogen-bond donors (Lipinski definition) is 1. The fourth-order valence-corrected chi connectivity index (χ4v) is 3.05. The van der Waals surface area contributed by atoms with Crippen LogP contribution in [0.1, 0.15) is 25.7 Å². The first-order chi connectivity index (χ1) is 9.41. The zero-order valence-corrected chi connectivity index (χ0v) is 12.8. The minimum atomic E-state index is -3.45. The minimum absolute atomic E-state index is 0.204. The molecule has 5 nitrogen and oxygen atoms in total. The molecule has 2 rings (SSSR count). The second-order valence-corrected chi connectivity index (χ2v) is 7.57. The van der Waals surface area contributed by atoms with E-state index >= 15 is 0 Å². The fraction of sp³-hybridized carbons (Fsp3) is 0.571. The van der Waals surface area contributed by atoms with Crippen LogP contribution in [0.4, 0.5) is 5.69 Å². The van der Waals surface area contributed by atoms with Crippen LogP contribution < -0.4 is 10.5 Å². The van der Waals surface area contributed by atoms with E-state index in [0.29, 0.717) is 18.0 Å². The summed E-state index contributed by atoms with van der Waals surface area (Å²) in [5.41, 5.74) is 6.31. The largest absolute Gasteiger partial charge is 0.491 e. The van der Waals surface area contributed by atoms with Crippen LogP contribution in [-0.2, 0) is 10.0 Å². The third kappa shape index (κ3) is 3.24. The molecule has 1 aromatic carbocycles. The average molecular weight is 298 g/mol. The maximum Gasteiger partial charge on any atom is 0.242 e. The SMILES string of the molecule is CN(C)S(=O)(=O)c1ccc(N)c(OCCC2CCC2)c1. The lowest BCUT2D eigenvalue weighted by molar-refractivity contribution is 0.222. The number of ether oxygens (including phenoxy) is 1. The van der Waals surface area contributed by atoms with Gasteiger partial charge in [-0.25, -0.2) is 12.7 Å². The predicted octanol–water partition coefficient (Wildman–Crippen LogP) is 2.09. The number of nitrogens with two attached hydrogens (primary N) is 1. The molecule has 1 fully saturated rings. The lowest BCUT2D eigenvalue weighted by atomic mass is 9.83. The zero-order chi connectivity index (χ0) is 14.8. The summed E-state index contributed by atoms with van der Waals surface area (Å²) < 4.78 is 31.0. The van der Waals surface area contributed by atoms with Gasteiger partial charge in [-0.15, -0.1) is 0 Å². The maximum atomic E-state index is 12.1. The Hall–Kier alpha value is -1.27. The van der Waals surface area contributed by atoms with E-state index in [9.17, 15) is 8.42 Å². The van der Waals surface area contributed by atoms with Gasteiger partial charge >= 0.3 is 0 Å². The Morgan fingerprint density at radius 3 is 2.60 bits per heavy atom. The van der Waals surface area contributed by atoms with Crippen molar-refractivity contribution in [1.29, 1.82) is 0 Å². The highest BCUT2D eigenvalue weighted by Gasteiger charge is 2.20. The lowest BCUT2D eigenvalue weighted by Crippen LogP contribution is -2.22. The van der Waals surface area contributed by atoms with Crippen molar-refractivity contribution in [1.82, 2.24) is 4.31 Å². The first kappa shape index (κ1) is 15.1. The number of benzene rings is 1. The standard InChI is InChI=1S/C14H22N2O3S/c1-16(2)20(17,18)12-6-7-13(15)14(10-12)19-9-8-11-4-3-5-11/h6-7,10-11H,3-5,8-9,15H2,1-2H3. The van der Waals surface area contributed by atoms with Gasteiger partial charge in [0.25, 0.3) is 0 Å². The highest BCUT2D eigenvalue weighted by atomic mass is 32.2. The van der Waals surface area contributed by atoms with Crippen LogP contribution in [0.15, 0.2) is 23.1 Å². The molecule has 1 aliphatic rings. The Morgan fingerprint density at radius 2 is 2.05 bits per heavy atom. The van der Waals surface area contributed by atoms with Gasteiger partial charge in [-0.05, 0) is 24.5 Å². The van der Waals surface area contributed by atoms with Gasteiger partial charge in [0.2, 0.25) is 10.0 Å². The highest BCUT2D eigenvalue weighted by Crippen LogP contribution is 2.31. The number of hydrogen-bond acceptors (Lipinski definition) is 4. The van der Waals surface area contributed by atoms with E-state index in [1.165, 1.54) is 49.8 Å². The monoisotopic (exact) mass is 298 g/mol. The number of nitrogens with zero attached hydrogens (tertiary/aromatic N) is 1. The Balaban J connectivity index is 2.08. The molecule has 0 atom stereocenters. The Bertz CT molecular complexity index is 566. The lowest BCUT2D eigenvalue weighted by Gasteiger charge is -2.25. The van der Waals surface area contributed by atoms with Gasteiger partial charge < -0.3 is 10.5 Å². The van der Waals surface area contributed by atoms with E-state index in [1.54, 1.807) is 6.07 Å². The summed E-state index contributed by atoms with van der Waals surface area (Å²) in [6.07, 6.45) is 4.86. The van der Waals surface area contributed by atoms with Crippen LogP contribution in [0.2, 0.25) is 0 Å². The van der Waals surface area contributed by atoms with Crippen LogP contribution in [0.3, 0.4) is 0 Å². The van der Waals surface area contributed by atoms with E-state index in [4.69, 9.17) is 10.5 Å². The van der Waals surface area contributed by atoms with Gasteiger partial charge in [-0.2, -0.15) is 0 Å². The highest BCUT2D eigenvalue weighted by molar-refractivity contribution is 7.89. The van der Waals surface area contributed by atoms with Crippen molar-refractivity contribution in [3.05, 3.63) is 18.2 Å². The summed E-state index contributed by atoms with van der Waals surface area (Å²) in [6, 6.07) is 4.59. The van der Waals surface area contributed by atoms with Crippen molar-refractivity contribution in [2.24, 2.45) is 5.92 Å². The second-order valence-electron chi connectivity index (χ2n) is 5.42. The summed E-state index contributed by atoms with van der Waals surface area (Å²) in [4.78, 5) is 0.204. The van der Waals surface area contributed by atoms with Crippen molar-refractivity contribution in [3.8, 4) is 5.75 Å². The third-order valence-corrected chi connectivity index (χ3v) is 5.58. The van der Waals surface area contributed by atoms with E-state index in [1.807, 2.05) is 0 Å². The predicted molar refractivity (Wildman–Crippen MR) is 79.2 cm³/mol. The number of sulfonamides is 1. The molecule has 0 heterocycles. The van der Waals surface area contributed by atoms with E-state index in [-0.39, 0.29) is 4.90 Å². The molecule has 0 bridgehead atoms. The van der Waals surface area contributed by atoms with Crippen molar-refractivity contribution in [2.75, 3.05) is 26.4 Å². The van der Waals surface area contributed by atoms with E-state index in [2.05, 4.69) is 0 Å². The van der Waals surface area contributed by atoms with Crippen LogP contribution in [0, 0.1) is 5.92 Å². The molecule has 6 heteroatoms. The first-order valence-electron chi connectivity index (χ1n) is 6.86. The van der Waals surface area contributed by atoms with Crippen molar-refractivity contribution in [2.45, 2.75) is 30.6 Å². The van der Waals surface area contributed by atoms with Crippen LogP contribution >= 0.6 is 0 Å². The average Bonchev–Trinajstić information content (AvgIpc) is 2.33. The van der Waals surface area contributed by atoms with Gasteiger partial charge in [0, 0.05) is 20.2 Å². The molecule has 112 valence electrons. The summed E-state index contributed by atoms with van der Waals surface area (Å²) >= 11 is 0. The molecule has 0 aromatic heterocycles. The quantitative estimate of drug-likeness (QED) is 0.816. The molecule has 0 unspecified atom stereocenters. The van der Waals surface area contributed by atoms with Gasteiger partial charge in [0.05, 0.1) is 17.2 Å². The number of nitrogen functional groups attached to an aromatic ring is 1. The molecule has 20 heavy (non-hydrogen) atoms. The number of rotatable bonds is 6. The molecular formula is C14H22N2O3S. The molecular weight excluding hydrogens is 276 g/mol. The van der Waals surface area contributed by atoms with Crippen LogP contribution in [-0.4, -0.2) is 33.4 Å². The molecule has 2 N–H and O–H groups in total. The molecule has 0 spiro atoms. The van der Waals surface area contributed by atoms with Gasteiger partial charge in [-0.3, -0.25) is 0 Å². The van der Waals surface area contributed by atoms with Crippen molar-refractivity contribution in [3.63, 3.8) is 0 Å². The van der Waals surface area contributed by atoms with E-state index in [0.717, 1.165) is 12.3 Å². The maximum absolute atomic E-state index is 12.1. The first-order valence-corrected chi connectivity index (χ1v) is 8.30. The molecule has 0 aliphatic heterocycles. The zero-order valence-electron chi connectivity index (χ0n) is 12.0. The van der Waals surface area contributed by atoms with Crippen molar-refractivity contribution < 1.29 is 13.2 Å². The van der Waals surface area contributed by atoms with Gasteiger partial charge in [-0.1, -0.05) is 19.3 Å². The smallest absolute Gasteiger partial charge is 0.242 e. The Morgan fingerprint density at radius 1 is 1.35 bits per heavy atom. The fourth-order valence-electron chi connectivity index (χ4n) is 2.13. The summed E-state index contributed by atoms with van der Waals surface area (Å²) in [6.45, 7) is 0.584. The third-order valence-electron chi connectivity index (χ3n) is 3.77. The van der Waals surface area contributed by atoms with E-state index < -0.39 is 10.0 Å². The molecule has 1 aromatic rings. The normalized spacial score (nSPS) is 16.1. The molecule has 1 saturated carbocycles. The number of anilines is 1. The molecule has 1 aliphatic carbocycles.